The molecular formula is C72H148ClN. The van der Waals surface area contributed by atoms with E-state index < -0.39 is 0 Å². The van der Waals surface area contributed by atoms with Gasteiger partial charge >= 0.3 is 0 Å². The average molecular weight is 1060 g/mol. The summed E-state index contributed by atoms with van der Waals surface area (Å²) in [5.74, 6) is 0. The minimum absolute atomic E-state index is 0. The normalized spacial score (nSPS) is 11.8. The monoisotopic (exact) mass is 1060 g/mol. The Hall–Kier alpha value is 0.250. The van der Waals surface area contributed by atoms with Crippen molar-refractivity contribution in [2.24, 2.45) is 0 Å². The first kappa shape index (κ1) is 76.3. The second-order valence-corrected chi connectivity index (χ2v) is 25.4. The molecule has 0 radical (unpaired) electrons. The average Bonchev–Trinajstić information content (AvgIpc) is 3.40. The Morgan fingerprint density at radius 2 is 0.203 bits per heavy atom. The van der Waals surface area contributed by atoms with Crippen molar-refractivity contribution in [1.29, 1.82) is 0 Å². The van der Waals surface area contributed by atoms with Crippen molar-refractivity contribution in [3.05, 3.63) is 0 Å². The molecule has 0 N–H and O–H groups in total. The zero-order valence-corrected chi connectivity index (χ0v) is 53.7. The molecule has 1 nitrogen and oxygen atoms in total. The molecule has 0 rings (SSSR count). The van der Waals surface area contributed by atoms with Crippen LogP contribution in [0.3, 0.4) is 0 Å². The number of nitrogens with zero attached hydrogens (tertiary/aromatic N) is 1. The second kappa shape index (κ2) is 69.4. The van der Waals surface area contributed by atoms with Gasteiger partial charge in [-0.05, 0) is 51.4 Å². The first-order chi connectivity index (χ1) is 36.2. The fourth-order valence-electron chi connectivity index (χ4n) is 12.7. The summed E-state index contributed by atoms with van der Waals surface area (Å²) >= 11 is 0. The predicted octanol–water partition coefficient (Wildman–Crippen LogP) is 23.9. The van der Waals surface area contributed by atoms with Gasteiger partial charge in [-0.25, -0.2) is 0 Å². The summed E-state index contributed by atoms with van der Waals surface area (Å²) in [6.07, 6.45) is 94.7. The second-order valence-electron chi connectivity index (χ2n) is 25.4. The zero-order chi connectivity index (χ0) is 52.6. The lowest BCUT2D eigenvalue weighted by atomic mass is 10.0. The summed E-state index contributed by atoms with van der Waals surface area (Å²) in [6.45, 7) is 15.3. The number of hydrogen-bond donors (Lipinski definition) is 0. The van der Waals surface area contributed by atoms with Crippen molar-refractivity contribution in [2.45, 2.75) is 439 Å². The van der Waals surface area contributed by atoms with Gasteiger partial charge in [0.05, 0.1) is 26.2 Å². The lowest BCUT2D eigenvalue weighted by Crippen LogP contribution is -3.00. The molecule has 0 amide bonds. The molecular weight excluding hydrogens is 914 g/mol. The SMILES string of the molecule is CCCCCCCCCCCCCCCCCC[N+](CCCCCCCCCCCCCCCCCC)(CCCCCCCCCCCCCCCCCC)CCCCCCCCCCCCCCCCCC.[Cl-]. The Bertz CT molecular complexity index is 783. The molecule has 0 fully saturated rings. The molecule has 0 atom stereocenters. The lowest BCUT2D eigenvalue weighted by Gasteiger charge is -2.40. The minimum atomic E-state index is 0. The first-order valence-corrected chi connectivity index (χ1v) is 36.1. The summed E-state index contributed by atoms with van der Waals surface area (Å²) in [6, 6.07) is 0. The quantitative estimate of drug-likeness (QED) is 0.0421. The largest absolute Gasteiger partial charge is 1.00 e. The molecule has 74 heavy (non-hydrogen) atoms. The van der Waals surface area contributed by atoms with Gasteiger partial charge in [-0.15, -0.1) is 0 Å². The van der Waals surface area contributed by atoms with E-state index in [1.807, 2.05) is 0 Å². The van der Waals surface area contributed by atoms with Crippen LogP contribution in [-0.4, -0.2) is 30.7 Å². The van der Waals surface area contributed by atoms with Gasteiger partial charge in [0, 0.05) is 0 Å². The maximum absolute atomic E-state index is 2.33. The van der Waals surface area contributed by atoms with Crippen LogP contribution in [0.4, 0.5) is 0 Å². The minimum Gasteiger partial charge on any atom is -1.00 e. The first-order valence-electron chi connectivity index (χ1n) is 36.1. The molecule has 0 aliphatic carbocycles. The standard InChI is InChI=1S/C72H148N.ClH/c1-5-9-13-17-21-25-29-33-37-41-45-49-53-57-61-65-69-73(70-66-62-58-54-50-46-42-38-34-30-26-22-18-14-10-6-2,71-67-63-59-55-51-47-43-39-35-31-27-23-19-15-11-7-3)72-68-64-60-56-52-48-44-40-36-32-28-24-20-16-12-8-4;/h5-72H2,1-4H3;1H/q+1;/p-1. The van der Waals surface area contributed by atoms with Gasteiger partial charge in [0.2, 0.25) is 0 Å². The maximum atomic E-state index is 2.33. The van der Waals surface area contributed by atoms with Crippen molar-refractivity contribution >= 4 is 0 Å². The summed E-state index contributed by atoms with van der Waals surface area (Å²) < 4.78 is 1.49. The summed E-state index contributed by atoms with van der Waals surface area (Å²) in [4.78, 5) is 0. The number of unbranched alkanes of at least 4 members (excludes halogenated alkanes) is 60. The molecule has 0 aliphatic heterocycles. The van der Waals surface area contributed by atoms with Crippen LogP contribution >= 0.6 is 0 Å². The van der Waals surface area contributed by atoms with Gasteiger partial charge in [0.1, 0.15) is 0 Å². The van der Waals surface area contributed by atoms with Crippen LogP contribution in [0.1, 0.15) is 439 Å². The predicted molar refractivity (Wildman–Crippen MR) is 338 cm³/mol. The smallest absolute Gasteiger partial charge is 0.0786 e. The zero-order valence-electron chi connectivity index (χ0n) is 52.9. The molecule has 0 heterocycles. The number of quaternary nitrogens is 1. The van der Waals surface area contributed by atoms with E-state index in [1.165, 1.54) is 442 Å². The van der Waals surface area contributed by atoms with Crippen LogP contribution in [0.2, 0.25) is 0 Å². The lowest BCUT2D eigenvalue weighted by molar-refractivity contribution is -0.929. The highest BCUT2D eigenvalue weighted by atomic mass is 35.5. The highest BCUT2D eigenvalue weighted by Crippen LogP contribution is 2.23. The third-order valence-electron chi connectivity index (χ3n) is 17.9. The van der Waals surface area contributed by atoms with Crippen LogP contribution in [-0.2, 0) is 0 Å². The summed E-state index contributed by atoms with van der Waals surface area (Å²) in [5.41, 5.74) is 0. The maximum Gasteiger partial charge on any atom is 0.0786 e. The Morgan fingerprint density at radius 1 is 0.122 bits per heavy atom. The summed E-state index contributed by atoms with van der Waals surface area (Å²) in [5, 5.41) is 0. The van der Waals surface area contributed by atoms with Crippen molar-refractivity contribution in [2.75, 3.05) is 26.2 Å². The van der Waals surface area contributed by atoms with Crippen molar-refractivity contribution in [3.8, 4) is 0 Å². The molecule has 0 saturated heterocycles. The number of hydrogen-bond acceptors (Lipinski definition) is 0. The molecule has 0 aliphatic rings. The third kappa shape index (κ3) is 63.1. The van der Waals surface area contributed by atoms with E-state index in [9.17, 15) is 0 Å². The van der Waals surface area contributed by atoms with Crippen molar-refractivity contribution < 1.29 is 16.9 Å². The molecule has 0 bridgehead atoms. The summed E-state index contributed by atoms with van der Waals surface area (Å²) in [7, 11) is 0. The van der Waals surface area contributed by atoms with Gasteiger partial charge in [-0.1, -0.05) is 387 Å². The highest BCUT2D eigenvalue weighted by molar-refractivity contribution is 4.58. The van der Waals surface area contributed by atoms with Crippen LogP contribution in [0.15, 0.2) is 0 Å². The van der Waals surface area contributed by atoms with E-state index in [0.29, 0.717) is 0 Å². The van der Waals surface area contributed by atoms with E-state index in [2.05, 4.69) is 27.7 Å². The van der Waals surface area contributed by atoms with E-state index >= 15 is 0 Å². The van der Waals surface area contributed by atoms with Gasteiger partial charge < -0.3 is 16.9 Å². The third-order valence-corrected chi connectivity index (χ3v) is 17.9. The van der Waals surface area contributed by atoms with Crippen LogP contribution < -0.4 is 12.4 Å². The molecule has 0 aromatic rings. The van der Waals surface area contributed by atoms with E-state index in [0.717, 1.165) is 0 Å². The Labute approximate surface area is 479 Å². The van der Waals surface area contributed by atoms with E-state index in [-0.39, 0.29) is 12.4 Å². The molecule has 0 unspecified atom stereocenters. The van der Waals surface area contributed by atoms with Gasteiger partial charge in [0.15, 0.2) is 0 Å². The van der Waals surface area contributed by atoms with E-state index in [1.54, 1.807) is 0 Å². The Balaban J connectivity index is 0. The Kier molecular flexibility index (Phi) is 71.5. The molecule has 448 valence electrons. The fraction of sp³-hybridized carbons (Fsp3) is 1.00. The van der Waals surface area contributed by atoms with Crippen molar-refractivity contribution in [3.63, 3.8) is 0 Å². The van der Waals surface area contributed by atoms with Crippen LogP contribution in [0.5, 0.6) is 0 Å². The van der Waals surface area contributed by atoms with E-state index in [4.69, 9.17) is 0 Å². The van der Waals surface area contributed by atoms with Crippen LogP contribution in [0.25, 0.3) is 0 Å². The Morgan fingerprint density at radius 3 is 0.297 bits per heavy atom. The molecule has 0 spiro atoms. The highest BCUT2D eigenvalue weighted by Gasteiger charge is 2.26. The van der Waals surface area contributed by atoms with Gasteiger partial charge in [-0.2, -0.15) is 0 Å². The molecule has 0 saturated carbocycles. The topological polar surface area (TPSA) is 0 Å². The molecule has 2 heteroatoms. The van der Waals surface area contributed by atoms with Crippen molar-refractivity contribution in [1.82, 2.24) is 0 Å². The molecule has 0 aromatic carbocycles. The number of rotatable bonds is 68. The van der Waals surface area contributed by atoms with Gasteiger partial charge in [-0.3, -0.25) is 0 Å². The fourth-order valence-corrected chi connectivity index (χ4v) is 12.7. The molecule has 0 aromatic heterocycles. The van der Waals surface area contributed by atoms with Crippen LogP contribution in [0, 0.1) is 0 Å². The number of halogens is 1. The van der Waals surface area contributed by atoms with Gasteiger partial charge in [0.25, 0.3) is 0 Å².